The number of esters is 1. The minimum absolute atomic E-state index is 0.0494. The van der Waals surface area contributed by atoms with Crippen molar-refractivity contribution in [3.63, 3.8) is 0 Å². The monoisotopic (exact) mass is 377 g/mol. The molecule has 2 aromatic rings. The van der Waals surface area contributed by atoms with Gasteiger partial charge < -0.3 is 14.8 Å². The van der Waals surface area contributed by atoms with Gasteiger partial charge in [0.15, 0.2) is 0 Å². The smallest absolute Gasteiger partial charge is 0.310 e. The van der Waals surface area contributed by atoms with Crippen molar-refractivity contribution in [2.45, 2.75) is 32.8 Å². The van der Waals surface area contributed by atoms with Gasteiger partial charge in [0.2, 0.25) is 5.91 Å². The van der Waals surface area contributed by atoms with E-state index in [-0.39, 0.29) is 41.7 Å². The Morgan fingerprint density at radius 1 is 1.04 bits per heavy atom. The molecule has 2 bridgehead atoms. The number of amides is 1. The number of nitrogens with one attached hydrogen (secondary N) is 1. The molecule has 1 saturated heterocycles. The lowest BCUT2D eigenvalue weighted by Crippen LogP contribution is -2.35. The van der Waals surface area contributed by atoms with Gasteiger partial charge in [-0.15, -0.1) is 0 Å². The summed E-state index contributed by atoms with van der Waals surface area (Å²) in [6.45, 7) is 4.12. The van der Waals surface area contributed by atoms with Crippen molar-refractivity contribution < 1.29 is 19.1 Å². The summed E-state index contributed by atoms with van der Waals surface area (Å²) in [5.74, 6) is 1.23. The van der Waals surface area contributed by atoms with Gasteiger partial charge in [-0.1, -0.05) is 6.07 Å². The van der Waals surface area contributed by atoms with Gasteiger partial charge in [-0.3, -0.25) is 9.59 Å². The third-order valence-corrected chi connectivity index (χ3v) is 6.62. The van der Waals surface area contributed by atoms with E-state index in [0.717, 1.165) is 18.6 Å². The molecule has 1 heterocycles. The molecule has 1 amide bonds. The summed E-state index contributed by atoms with van der Waals surface area (Å²) >= 11 is 0. The van der Waals surface area contributed by atoms with Crippen LogP contribution in [0.3, 0.4) is 0 Å². The first-order chi connectivity index (χ1) is 13.5. The van der Waals surface area contributed by atoms with E-state index < -0.39 is 0 Å². The van der Waals surface area contributed by atoms with Gasteiger partial charge in [0.25, 0.3) is 0 Å². The Hall–Kier alpha value is -2.82. The second-order valence-electron chi connectivity index (χ2n) is 8.28. The first kappa shape index (κ1) is 17.3. The molecule has 0 radical (unpaired) electrons. The lowest BCUT2D eigenvalue weighted by Gasteiger charge is -2.23. The molecule has 5 atom stereocenters. The summed E-state index contributed by atoms with van der Waals surface area (Å²) < 4.78 is 11.3. The van der Waals surface area contributed by atoms with E-state index in [1.54, 1.807) is 0 Å². The minimum Gasteiger partial charge on any atom is -0.462 e. The van der Waals surface area contributed by atoms with Crippen LogP contribution in [-0.2, 0) is 14.3 Å². The van der Waals surface area contributed by atoms with Gasteiger partial charge in [0.1, 0.15) is 17.6 Å². The van der Waals surface area contributed by atoms with Crippen molar-refractivity contribution >= 4 is 17.6 Å². The van der Waals surface area contributed by atoms with Crippen LogP contribution in [0.2, 0.25) is 0 Å². The number of hydrogen-bond acceptors (Lipinski definition) is 4. The van der Waals surface area contributed by atoms with Crippen molar-refractivity contribution in [1.82, 2.24) is 0 Å². The van der Waals surface area contributed by atoms with Gasteiger partial charge in [0.05, 0.1) is 11.8 Å². The summed E-state index contributed by atoms with van der Waals surface area (Å²) in [6.07, 6.45) is 1.81. The van der Waals surface area contributed by atoms with E-state index in [1.165, 1.54) is 11.1 Å². The van der Waals surface area contributed by atoms with Crippen molar-refractivity contribution in [1.29, 1.82) is 0 Å². The van der Waals surface area contributed by atoms with Gasteiger partial charge in [-0.05, 0) is 80.1 Å². The summed E-state index contributed by atoms with van der Waals surface area (Å²) in [4.78, 5) is 24.9. The molecule has 5 nitrogen and oxygen atoms in total. The number of ether oxygens (including phenoxy) is 2. The van der Waals surface area contributed by atoms with Gasteiger partial charge >= 0.3 is 5.97 Å². The van der Waals surface area contributed by atoms with E-state index >= 15 is 0 Å². The fourth-order valence-corrected chi connectivity index (χ4v) is 5.11. The molecular weight excluding hydrogens is 354 g/mol. The van der Waals surface area contributed by atoms with Crippen LogP contribution in [0.15, 0.2) is 42.5 Å². The Kier molecular flexibility index (Phi) is 3.93. The summed E-state index contributed by atoms with van der Waals surface area (Å²) in [5.41, 5.74) is 3.12. The largest absolute Gasteiger partial charge is 0.462 e. The number of hydrogen-bond donors (Lipinski definition) is 1. The highest BCUT2D eigenvalue weighted by atomic mass is 16.6. The Morgan fingerprint density at radius 2 is 1.79 bits per heavy atom. The predicted molar refractivity (Wildman–Crippen MR) is 104 cm³/mol. The maximum absolute atomic E-state index is 12.8. The second kappa shape index (κ2) is 6.36. The quantitative estimate of drug-likeness (QED) is 0.810. The molecule has 28 heavy (non-hydrogen) atoms. The van der Waals surface area contributed by atoms with Crippen molar-refractivity contribution in [2.24, 2.45) is 23.7 Å². The zero-order valence-corrected chi connectivity index (χ0v) is 16.0. The highest BCUT2D eigenvalue weighted by Gasteiger charge is 2.63. The lowest BCUT2D eigenvalue weighted by atomic mass is 9.79. The van der Waals surface area contributed by atoms with Crippen LogP contribution in [0.5, 0.6) is 11.5 Å². The standard InChI is InChI=1S/C23H23NO4/c1-12-3-6-17(9-13(12)2)27-16-7-4-15(5-8-16)24-22(25)20-14-10-18-19(11-14)28-23(26)21(18)20/h3-9,14,18-21H,10-11H2,1-2H3,(H,24,25)/t14-,18+,19+,20-,21+/m1/s1. The van der Waals surface area contributed by atoms with Crippen molar-refractivity contribution in [3.8, 4) is 11.5 Å². The number of aryl methyl sites for hydroxylation is 2. The molecule has 2 aromatic carbocycles. The number of carbonyl (C=O) groups is 2. The zero-order valence-electron chi connectivity index (χ0n) is 16.0. The average Bonchev–Trinajstić information content (AvgIpc) is 3.29. The van der Waals surface area contributed by atoms with Crippen LogP contribution < -0.4 is 10.1 Å². The molecular formula is C23H23NO4. The first-order valence-electron chi connectivity index (χ1n) is 9.86. The van der Waals surface area contributed by atoms with Gasteiger partial charge in [0, 0.05) is 11.6 Å². The highest BCUT2D eigenvalue weighted by molar-refractivity contribution is 5.97. The van der Waals surface area contributed by atoms with E-state index in [0.29, 0.717) is 11.4 Å². The molecule has 0 spiro atoms. The van der Waals surface area contributed by atoms with Gasteiger partial charge in [-0.2, -0.15) is 0 Å². The van der Waals surface area contributed by atoms with Crippen molar-refractivity contribution in [3.05, 3.63) is 53.6 Å². The predicted octanol–water partition coefficient (Wildman–Crippen LogP) is 4.23. The fourth-order valence-electron chi connectivity index (χ4n) is 5.11. The zero-order chi connectivity index (χ0) is 19.4. The minimum atomic E-state index is -0.261. The van der Waals surface area contributed by atoms with E-state index in [4.69, 9.17) is 9.47 Å². The normalized spacial score (nSPS) is 29.6. The Balaban J connectivity index is 1.26. The molecule has 5 heteroatoms. The third kappa shape index (κ3) is 2.77. The Bertz CT molecular complexity index is 950. The molecule has 144 valence electrons. The number of benzene rings is 2. The molecule has 3 fully saturated rings. The first-order valence-corrected chi connectivity index (χ1v) is 9.86. The molecule has 1 N–H and O–H groups in total. The second-order valence-corrected chi connectivity index (χ2v) is 8.28. The van der Waals surface area contributed by atoms with Crippen LogP contribution in [0.1, 0.15) is 24.0 Å². The van der Waals surface area contributed by atoms with Crippen molar-refractivity contribution in [2.75, 3.05) is 5.32 Å². The molecule has 0 unspecified atom stereocenters. The van der Waals surface area contributed by atoms with Gasteiger partial charge in [-0.25, -0.2) is 0 Å². The Morgan fingerprint density at radius 3 is 2.54 bits per heavy atom. The van der Waals surface area contributed by atoms with Crippen LogP contribution >= 0.6 is 0 Å². The third-order valence-electron chi connectivity index (χ3n) is 6.62. The summed E-state index contributed by atoms with van der Waals surface area (Å²) in [5, 5.41) is 2.98. The summed E-state index contributed by atoms with van der Waals surface area (Å²) in [7, 11) is 0. The molecule has 1 aliphatic heterocycles. The number of fused-ring (bicyclic) bond motifs is 1. The van der Waals surface area contributed by atoms with E-state index in [9.17, 15) is 9.59 Å². The molecule has 5 rings (SSSR count). The fraction of sp³-hybridized carbons (Fsp3) is 0.391. The number of anilines is 1. The molecule has 2 aliphatic carbocycles. The maximum Gasteiger partial charge on any atom is 0.310 e. The Labute approximate surface area is 164 Å². The number of carbonyl (C=O) groups excluding carboxylic acids is 2. The maximum atomic E-state index is 12.8. The molecule has 0 aromatic heterocycles. The van der Waals surface area contributed by atoms with Crippen LogP contribution in [-0.4, -0.2) is 18.0 Å². The van der Waals surface area contributed by atoms with E-state index in [1.807, 2.05) is 42.5 Å². The lowest BCUT2D eigenvalue weighted by molar-refractivity contribution is -0.145. The molecule has 2 saturated carbocycles. The highest BCUT2D eigenvalue weighted by Crippen LogP contribution is 2.57. The number of rotatable bonds is 4. The van der Waals surface area contributed by atoms with Crippen LogP contribution in [0, 0.1) is 37.5 Å². The average molecular weight is 377 g/mol. The summed E-state index contributed by atoms with van der Waals surface area (Å²) in [6, 6.07) is 13.3. The van der Waals surface area contributed by atoms with Crippen LogP contribution in [0.25, 0.3) is 0 Å². The molecule has 3 aliphatic rings. The SMILES string of the molecule is Cc1ccc(Oc2ccc(NC(=O)[C@@H]3[C@@H]4C[C@@H]5[C@@H]3C(=O)O[C@H]5C4)cc2)cc1C. The van der Waals surface area contributed by atoms with Crippen LogP contribution in [0.4, 0.5) is 5.69 Å². The van der Waals surface area contributed by atoms with E-state index in [2.05, 4.69) is 19.2 Å². The topological polar surface area (TPSA) is 64.6 Å².